The van der Waals surface area contributed by atoms with Crippen molar-refractivity contribution in [3.8, 4) is 0 Å². The second-order valence-corrected chi connectivity index (χ2v) is 4.91. The summed E-state index contributed by atoms with van der Waals surface area (Å²) in [6.07, 6.45) is 5.64. The Morgan fingerprint density at radius 3 is 3.17 bits per heavy atom. The van der Waals surface area contributed by atoms with Crippen LogP contribution in [0.5, 0.6) is 0 Å². The molecule has 1 saturated heterocycles. The molecule has 2 atom stereocenters. The first kappa shape index (κ1) is 11.4. The molecule has 0 bridgehead atoms. The lowest BCUT2D eigenvalue weighted by Crippen LogP contribution is -2.49. The number of nitrogens with two attached hydrogens (primary N) is 1. The average Bonchev–Trinajstić information content (AvgIpc) is 2.86. The van der Waals surface area contributed by atoms with Crippen LogP contribution >= 0.6 is 0 Å². The van der Waals surface area contributed by atoms with Gasteiger partial charge >= 0.3 is 0 Å². The summed E-state index contributed by atoms with van der Waals surface area (Å²) in [5.74, 6) is 1.52. The molecule has 0 saturated carbocycles. The fraction of sp³-hybridized carbons (Fsp3) is 0.583. The van der Waals surface area contributed by atoms with Gasteiger partial charge in [0.25, 0.3) is 0 Å². The first-order valence-electron chi connectivity index (χ1n) is 6.42. The molecule has 1 aliphatic heterocycles. The van der Waals surface area contributed by atoms with Crippen LogP contribution in [0.1, 0.15) is 19.8 Å². The zero-order chi connectivity index (χ0) is 12.5. The Labute approximate surface area is 106 Å². The van der Waals surface area contributed by atoms with Crippen LogP contribution in [-0.2, 0) is 0 Å². The van der Waals surface area contributed by atoms with Crippen LogP contribution in [0.15, 0.2) is 12.7 Å². The highest BCUT2D eigenvalue weighted by Gasteiger charge is 2.29. The van der Waals surface area contributed by atoms with Gasteiger partial charge in [-0.15, -0.1) is 0 Å². The number of rotatable bonds is 2. The number of nitrogens with one attached hydrogen (secondary N) is 1. The SMILES string of the molecule is CC1CCCN(c2ncnc3nc[nH]c23)C1CN. The number of aromatic amines is 1. The van der Waals surface area contributed by atoms with Crippen LogP contribution in [0.3, 0.4) is 0 Å². The summed E-state index contributed by atoms with van der Waals surface area (Å²) in [7, 11) is 0. The quantitative estimate of drug-likeness (QED) is 0.823. The van der Waals surface area contributed by atoms with Crippen LogP contribution in [0.4, 0.5) is 5.82 Å². The van der Waals surface area contributed by atoms with Crippen molar-refractivity contribution in [1.29, 1.82) is 0 Å². The zero-order valence-corrected chi connectivity index (χ0v) is 10.5. The molecule has 2 aromatic rings. The van der Waals surface area contributed by atoms with Gasteiger partial charge in [-0.2, -0.15) is 0 Å². The van der Waals surface area contributed by atoms with Gasteiger partial charge in [0.1, 0.15) is 11.8 Å². The van der Waals surface area contributed by atoms with E-state index in [9.17, 15) is 0 Å². The largest absolute Gasteiger partial charge is 0.350 e. The molecule has 0 aromatic carbocycles. The molecule has 3 rings (SSSR count). The molecule has 1 fully saturated rings. The second-order valence-electron chi connectivity index (χ2n) is 4.91. The third-order valence-electron chi connectivity index (χ3n) is 3.83. The van der Waals surface area contributed by atoms with Crippen LogP contribution in [0.2, 0.25) is 0 Å². The number of fused-ring (bicyclic) bond motifs is 1. The van der Waals surface area contributed by atoms with E-state index in [0.717, 1.165) is 17.9 Å². The zero-order valence-electron chi connectivity index (χ0n) is 10.5. The second kappa shape index (κ2) is 4.53. The maximum atomic E-state index is 5.93. The number of piperidine rings is 1. The Balaban J connectivity index is 2.04. The Hall–Kier alpha value is -1.69. The Morgan fingerprint density at radius 2 is 2.33 bits per heavy atom. The lowest BCUT2D eigenvalue weighted by molar-refractivity contribution is 0.348. The Kier molecular flexibility index (Phi) is 2.87. The predicted octanol–water partition coefficient (Wildman–Crippen LogP) is 0.917. The average molecular weight is 246 g/mol. The number of hydrogen-bond acceptors (Lipinski definition) is 5. The monoisotopic (exact) mass is 246 g/mol. The molecule has 6 heteroatoms. The summed E-state index contributed by atoms with van der Waals surface area (Å²) in [5.41, 5.74) is 7.55. The number of nitrogens with zero attached hydrogens (tertiary/aromatic N) is 4. The minimum Gasteiger partial charge on any atom is -0.350 e. The Bertz CT molecular complexity index is 536. The topological polar surface area (TPSA) is 83.7 Å². The molecular weight excluding hydrogens is 228 g/mol. The molecule has 2 unspecified atom stereocenters. The van der Waals surface area contributed by atoms with Crippen molar-refractivity contribution in [1.82, 2.24) is 19.9 Å². The predicted molar refractivity (Wildman–Crippen MR) is 70.3 cm³/mol. The van der Waals surface area contributed by atoms with Crippen LogP contribution in [0.25, 0.3) is 11.2 Å². The number of hydrogen-bond donors (Lipinski definition) is 2. The lowest BCUT2D eigenvalue weighted by atomic mass is 9.91. The van der Waals surface area contributed by atoms with E-state index >= 15 is 0 Å². The highest BCUT2D eigenvalue weighted by Crippen LogP contribution is 2.29. The molecule has 96 valence electrons. The van der Waals surface area contributed by atoms with Gasteiger partial charge in [-0.3, -0.25) is 0 Å². The van der Waals surface area contributed by atoms with Crippen molar-refractivity contribution in [2.24, 2.45) is 11.7 Å². The molecule has 6 nitrogen and oxygen atoms in total. The highest BCUT2D eigenvalue weighted by atomic mass is 15.2. The lowest BCUT2D eigenvalue weighted by Gasteiger charge is -2.40. The molecule has 0 spiro atoms. The van der Waals surface area contributed by atoms with Crippen LogP contribution < -0.4 is 10.6 Å². The van der Waals surface area contributed by atoms with E-state index in [0.29, 0.717) is 24.2 Å². The first-order chi connectivity index (χ1) is 8.81. The van der Waals surface area contributed by atoms with Crippen molar-refractivity contribution >= 4 is 17.0 Å². The van der Waals surface area contributed by atoms with Gasteiger partial charge in [-0.1, -0.05) is 6.92 Å². The summed E-state index contributed by atoms with van der Waals surface area (Å²) in [6.45, 7) is 3.91. The summed E-state index contributed by atoms with van der Waals surface area (Å²) in [6, 6.07) is 0.347. The standard InChI is InChI=1S/C12H18N6/c1-8-3-2-4-18(9(8)5-13)12-10-11(15-6-14-10)16-7-17-12/h6-9H,2-5,13H2,1H3,(H,14,15,16,17). The van der Waals surface area contributed by atoms with Gasteiger partial charge in [0.05, 0.1) is 6.33 Å². The molecule has 3 N–H and O–H groups in total. The minimum atomic E-state index is 0.347. The van der Waals surface area contributed by atoms with E-state index < -0.39 is 0 Å². The fourth-order valence-electron chi connectivity index (χ4n) is 2.84. The number of anilines is 1. The number of imidazole rings is 1. The first-order valence-corrected chi connectivity index (χ1v) is 6.42. The van der Waals surface area contributed by atoms with Crippen molar-refractivity contribution in [3.05, 3.63) is 12.7 Å². The number of H-pyrrole nitrogens is 1. The van der Waals surface area contributed by atoms with Crippen molar-refractivity contribution in [3.63, 3.8) is 0 Å². The molecule has 1 aliphatic rings. The van der Waals surface area contributed by atoms with E-state index in [-0.39, 0.29) is 0 Å². The van der Waals surface area contributed by atoms with Gasteiger partial charge < -0.3 is 15.6 Å². The van der Waals surface area contributed by atoms with E-state index in [4.69, 9.17) is 5.73 Å². The van der Waals surface area contributed by atoms with E-state index in [1.807, 2.05) is 0 Å². The smallest absolute Gasteiger partial charge is 0.182 e. The fourth-order valence-corrected chi connectivity index (χ4v) is 2.84. The molecular formula is C12H18N6. The van der Waals surface area contributed by atoms with E-state index in [1.165, 1.54) is 12.8 Å². The van der Waals surface area contributed by atoms with Gasteiger partial charge in [0, 0.05) is 19.1 Å². The summed E-state index contributed by atoms with van der Waals surface area (Å²) >= 11 is 0. The van der Waals surface area contributed by atoms with E-state index in [2.05, 4.69) is 31.8 Å². The van der Waals surface area contributed by atoms with E-state index in [1.54, 1.807) is 12.7 Å². The maximum absolute atomic E-state index is 5.93. The van der Waals surface area contributed by atoms with Crippen molar-refractivity contribution in [2.45, 2.75) is 25.8 Å². The normalized spacial score (nSPS) is 24.7. The number of aromatic nitrogens is 4. The molecule has 0 amide bonds. The van der Waals surface area contributed by atoms with Crippen molar-refractivity contribution in [2.75, 3.05) is 18.0 Å². The molecule has 3 heterocycles. The Morgan fingerprint density at radius 1 is 1.44 bits per heavy atom. The maximum Gasteiger partial charge on any atom is 0.182 e. The summed E-state index contributed by atoms with van der Waals surface area (Å²) in [5, 5.41) is 0. The summed E-state index contributed by atoms with van der Waals surface area (Å²) < 4.78 is 0. The third-order valence-corrected chi connectivity index (χ3v) is 3.83. The summed E-state index contributed by atoms with van der Waals surface area (Å²) in [4.78, 5) is 18.2. The minimum absolute atomic E-state index is 0.347. The molecule has 18 heavy (non-hydrogen) atoms. The third kappa shape index (κ3) is 1.73. The van der Waals surface area contributed by atoms with Gasteiger partial charge in [-0.05, 0) is 18.8 Å². The van der Waals surface area contributed by atoms with Gasteiger partial charge in [0.15, 0.2) is 11.5 Å². The molecule has 2 aromatic heterocycles. The van der Waals surface area contributed by atoms with Gasteiger partial charge in [0.2, 0.25) is 0 Å². The van der Waals surface area contributed by atoms with Crippen LogP contribution in [-0.4, -0.2) is 39.1 Å². The van der Waals surface area contributed by atoms with Crippen molar-refractivity contribution < 1.29 is 0 Å². The van der Waals surface area contributed by atoms with Crippen LogP contribution in [0, 0.1) is 5.92 Å². The molecule has 0 radical (unpaired) electrons. The highest BCUT2D eigenvalue weighted by molar-refractivity contribution is 5.82. The van der Waals surface area contributed by atoms with Gasteiger partial charge in [-0.25, -0.2) is 15.0 Å². The molecule has 0 aliphatic carbocycles.